The summed E-state index contributed by atoms with van der Waals surface area (Å²) in [5.74, 6) is -0.325. The topological polar surface area (TPSA) is 96.0 Å². The van der Waals surface area contributed by atoms with Crippen molar-refractivity contribution < 1.29 is 22.7 Å². The number of anilines is 1. The van der Waals surface area contributed by atoms with Crippen LogP contribution in [0.3, 0.4) is 0 Å². The molecule has 0 spiro atoms. The van der Waals surface area contributed by atoms with Crippen LogP contribution in [0.25, 0.3) is 0 Å². The highest BCUT2D eigenvalue weighted by molar-refractivity contribution is 7.89. The highest BCUT2D eigenvalue weighted by atomic mass is 32.2. The average molecular weight is 422 g/mol. The number of piperidine rings is 1. The van der Waals surface area contributed by atoms with E-state index in [0.717, 1.165) is 5.56 Å². The minimum atomic E-state index is -3.69. The lowest BCUT2D eigenvalue weighted by Crippen LogP contribution is -2.49. The number of sulfonamides is 1. The van der Waals surface area contributed by atoms with Crippen LogP contribution in [0, 0.1) is 5.92 Å². The summed E-state index contributed by atoms with van der Waals surface area (Å²) in [6.07, 6.45) is 3.17. The molecule has 3 aliphatic rings. The summed E-state index contributed by atoms with van der Waals surface area (Å²) in [5.41, 5.74) is 1.53. The maximum absolute atomic E-state index is 13.3. The Balaban J connectivity index is 1.51. The van der Waals surface area contributed by atoms with Gasteiger partial charge in [-0.2, -0.15) is 4.31 Å². The Bertz CT molecular complexity index is 895. The number of carbonyl (C=O) groups is 2. The number of aryl methyl sites for hydroxylation is 1. The molecule has 2 saturated heterocycles. The maximum atomic E-state index is 13.3. The molecule has 158 valence electrons. The number of amides is 2. The zero-order chi connectivity index (χ0) is 20.4. The van der Waals surface area contributed by atoms with E-state index in [4.69, 9.17) is 4.74 Å². The van der Waals surface area contributed by atoms with E-state index in [1.165, 1.54) is 4.31 Å². The predicted octanol–water partition coefficient (Wildman–Crippen LogP) is 1.22. The van der Waals surface area contributed by atoms with Gasteiger partial charge >= 0.3 is 0 Å². The molecule has 1 N–H and O–H groups in total. The molecule has 0 saturated carbocycles. The summed E-state index contributed by atoms with van der Waals surface area (Å²) in [6, 6.07) is 4.89. The van der Waals surface area contributed by atoms with Gasteiger partial charge in [-0.3, -0.25) is 9.59 Å². The molecule has 3 aliphatic heterocycles. The summed E-state index contributed by atoms with van der Waals surface area (Å²) >= 11 is 0. The van der Waals surface area contributed by atoms with Gasteiger partial charge in [-0.1, -0.05) is 0 Å². The summed E-state index contributed by atoms with van der Waals surface area (Å²) in [6.45, 7) is 2.84. The van der Waals surface area contributed by atoms with E-state index in [1.54, 1.807) is 23.1 Å². The minimum absolute atomic E-state index is 0.0258. The third-order valence-corrected chi connectivity index (χ3v) is 7.76. The first-order valence-electron chi connectivity index (χ1n) is 10.2. The van der Waals surface area contributed by atoms with Crippen LogP contribution in [0.2, 0.25) is 0 Å². The van der Waals surface area contributed by atoms with Gasteiger partial charge in [-0.15, -0.1) is 0 Å². The van der Waals surface area contributed by atoms with Gasteiger partial charge in [0.15, 0.2) is 0 Å². The lowest BCUT2D eigenvalue weighted by molar-refractivity contribution is -0.140. The van der Waals surface area contributed by atoms with Crippen molar-refractivity contribution in [3.63, 3.8) is 0 Å². The second-order valence-corrected chi connectivity index (χ2v) is 9.80. The van der Waals surface area contributed by atoms with Crippen LogP contribution in [-0.2, 0) is 30.8 Å². The van der Waals surface area contributed by atoms with E-state index in [0.29, 0.717) is 70.6 Å². The van der Waals surface area contributed by atoms with Gasteiger partial charge in [0.1, 0.15) is 0 Å². The van der Waals surface area contributed by atoms with Crippen molar-refractivity contribution >= 4 is 27.5 Å². The van der Waals surface area contributed by atoms with E-state index in [-0.39, 0.29) is 29.2 Å². The smallest absolute Gasteiger partial charge is 0.243 e. The number of morpholine rings is 1. The quantitative estimate of drug-likeness (QED) is 0.792. The lowest BCUT2D eigenvalue weighted by atomic mass is 9.98. The lowest BCUT2D eigenvalue weighted by Gasteiger charge is -2.35. The summed E-state index contributed by atoms with van der Waals surface area (Å²) in [7, 11) is -3.69. The minimum Gasteiger partial charge on any atom is -0.378 e. The molecule has 2 amide bonds. The van der Waals surface area contributed by atoms with Crippen molar-refractivity contribution in [2.45, 2.75) is 37.0 Å². The zero-order valence-corrected chi connectivity index (χ0v) is 17.2. The molecular formula is C20H27N3O5S. The van der Waals surface area contributed by atoms with Crippen LogP contribution in [0.15, 0.2) is 23.1 Å². The average Bonchev–Trinajstić information content (AvgIpc) is 2.93. The Kier molecular flexibility index (Phi) is 5.89. The molecule has 1 unspecified atom stereocenters. The molecule has 8 nitrogen and oxygen atoms in total. The van der Waals surface area contributed by atoms with Crippen molar-refractivity contribution in [1.82, 2.24) is 9.21 Å². The van der Waals surface area contributed by atoms with Crippen molar-refractivity contribution in [2.24, 2.45) is 5.92 Å². The molecule has 29 heavy (non-hydrogen) atoms. The van der Waals surface area contributed by atoms with E-state index in [1.807, 2.05) is 0 Å². The molecule has 1 atom stereocenters. The van der Waals surface area contributed by atoms with Crippen LogP contribution >= 0.6 is 0 Å². The fourth-order valence-corrected chi connectivity index (χ4v) is 5.84. The number of rotatable bonds is 3. The first-order chi connectivity index (χ1) is 13.9. The molecule has 0 aliphatic carbocycles. The van der Waals surface area contributed by atoms with Gasteiger partial charge in [0, 0.05) is 38.3 Å². The van der Waals surface area contributed by atoms with Crippen molar-refractivity contribution in [1.29, 1.82) is 0 Å². The highest BCUT2D eigenvalue weighted by Gasteiger charge is 2.35. The van der Waals surface area contributed by atoms with Crippen LogP contribution in [0.5, 0.6) is 0 Å². The van der Waals surface area contributed by atoms with Crippen molar-refractivity contribution in [3.8, 4) is 0 Å². The number of hydrogen-bond acceptors (Lipinski definition) is 5. The zero-order valence-electron chi connectivity index (χ0n) is 16.4. The van der Waals surface area contributed by atoms with E-state index in [2.05, 4.69) is 5.32 Å². The molecule has 0 aromatic heterocycles. The Hall–Kier alpha value is -1.97. The Morgan fingerprint density at radius 1 is 1.10 bits per heavy atom. The number of benzene rings is 1. The monoisotopic (exact) mass is 421 g/mol. The van der Waals surface area contributed by atoms with E-state index < -0.39 is 10.0 Å². The number of nitrogens with one attached hydrogen (secondary N) is 1. The Labute approximate surface area is 171 Å². The van der Waals surface area contributed by atoms with Gasteiger partial charge in [0.25, 0.3) is 0 Å². The number of fused-ring (bicyclic) bond motifs is 1. The number of carbonyl (C=O) groups excluding carboxylic acids is 2. The first-order valence-corrected chi connectivity index (χ1v) is 11.7. The standard InChI is InChI=1S/C20H27N3O5S/c24-19-5-1-3-15-13-17(6-7-18(15)21-19)29(26,27)23-8-2-4-16(14-23)20(25)22-9-11-28-12-10-22/h6-7,13,16H,1-5,8-12,14H2,(H,21,24). The molecule has 0 bridgehead atoms. The van der Waals surface area contributed by atoms with Crippen LogP contribution in [0.1, 0.15) is 31.2 Å². The van der Waals surface area contributed by atoms with Crippen LogP contribution in [-0.4, -0.2) is 68.8 Å². The fraction of sp³-hybridized carbons (Fsp3) is 0.600. The van der Waals surface area contributed by atoms with Crippen LogP contribution in [0.4, 0.5) is 5.69 Å². The van der Waals surface area contributed by atoms with Gasteiger partial charge in [0.05, 0.1) is 24.0 Å². The number of ether oxygens (including phenoxy) is 1. The van der Waals surface area contributed by atoms with E-state index in [9.17, 15) is 18.0 Å². The predicted molar refractivity (Wildman–Crippen MR) is 107 cm³/mol. The molecular weight excluding hydrogens is 394 g/mol. The number of nitrogens with zero attached hydrogens (tertiary/aromatic N) is 2. The normalized spacial score (nSPS) is 23.8. The SMILES string of the molecule is O=C1CCCc2cc(S(=O)(=O)N3CCCC(C(=O)N4CCOCC4)C3)ccc2N1. The second-order valence-electron chi connectivity index (χ2n) is 7.86. The summed E-state index contributed by atoms with van der Waals surface area (Å²) in [4.78, 5) is 26.6. The Morgan fingerprint density at radius 2 is 1.90 bits per heavy atom. The molecule has 4 rings (SSSR count). The largest absolute Gasteiger partial charge is 0.378 e. The second kappa shape index (κ2) is 8.41. The Morgan fingerprint density at radius 3 is 2.69 bits per heavy atom. The van der Waals surface area contributed by atoms with Crippen molar-refractivity contribution in [3.05, 3.63) is 23.8 Å². The first kappa shape index (κ1) is 20.3. The summed E-state index contributed by atoms with van der Waals surface area (Å²) in [5, 5.41) is 2.83. The highest BCUT2D eigenvalue weighted by Crippen LogP contribution is 2.29. The fourth-order valence-electron chi connectivity index (χ4n) is 4.26. The molecule has 1 aromatic carbocycles. The number of hydrogen-bond donors (Lipinski definition) is 1. The van der Waals surface area contributed by atoms with Gasteiger partial charge in [-0.25, -0.2) is 8.42 Å². The molecule has 2 fully saturated rings. The third-order valence-electron chi connectivity index (χ3n) is 5.89. The van der Waals surface area contributed by atoms with Gasteiger partial charge in [0.2, 0.25) is 21.8 Å². The summed E-state index contributed by atoms with van der Waals surface area (Å²) < 4.78 is 33.3. The van der Waals surface area contributed by atoms with Gasteiger partial charge < -0.3 is 15.0 Å². The molecule has 0 radical (unpaired) electrons. The third kappa shape index (κ3) is 4.31. The molecule has 3 heterocycles. The van der Waals surface area contributed by atoms with Gasteiger partial charge in [-0.05, 0) is 49.4 Å². The molecule has 9 heteroatoms. The van der Waals surface area contributed by atoms with E-state index >= 15 is 0 Å². The molecule has 1 aromatic rings. The van der Waals surface area contributed by atoms with Crippen molar-refractivity contribution in [2.75, 3.05) is 44.7 Å². The maximum Gasteiger partial charge on any atom is 0.243 e. The van der Waals surface area contributed by atoms with Crippen LogP contribution < -0.4 is 5.32 Å².